The van der Waals surface area contributed by atoms with E-state index in [0.717, 1.165) is 37.6 Å². The quantitative estimate of drug-likeness (QED) is 0.822. The smallest absolute Gasteiger partial charge is 0.223 e. The normalized spacial score (nSPS) is 21.4. The molecule has 0 radical (unpaired) electrons. The number of thiazole rings is 1. The van der Waals surface area contributed by atoms with Gasteiger partial charge in [-0.15, -0.1) is 11.3 Å². The largest absolute Gasteiger partial charge is 0.340 e. The van der Waals surface area contributed by atoms with E-state index in [9.17, 15) is 10.1 Å². The van der Waals surface area contributed by atoms with Gasteiger partial charge in [-0.2, -0.15) is 5.26 Å². The van der Waals surface area contributed by atoms with Gasteiger partial charge in [0.25, 0.3) is 0 Å². The lowest BCUT2D eigenvalue weighted by Gasteiger charge is -2.40. The highest BCUT2D eigenvalue weighted by Crippen LogP contribution is 2.29. The first-order valence-corrected chi connectivity index (χ1v) is 9.95. The summed E-state index contributed by atoms with van der Waals surface area (Å²) in [7, 11) is 0. The van der Waals surface area contributed by atoms with Gasteiger partial charge < -0.3 is 4.90 Å². The van der Waals surface area contributed by atoms with Crippen molar-refractivity contribution in [1.29, 1.82) is 5.26 Å². The number of aryl methyl sites for hydroxylation is 1. The van der Waals surface area contributed by atoms with Crippen molar-refractivity contribution >= 4 is 17.2 Å². The molecule has 2 aliphatic rings. The van der Waals surface area contributed by atoms with E-state index in [-0.39, 0.29) is 11.9 Å². The van der Waals surface area contributed by atoms with E-state index in [0.29, 0.717) is 12.3 Å². The third kappa shape index (κ3) is 4.34. The van der Waals surface area contributed by atoms with Gasteiger partial charge >= 0.3 is 0 Å². The number of piperazine rings is 1. The van der Waals surface area contributed by atoms with E-state index >= 15 is 0 Å². The van der Waals surface area contributed by atoms with Crippen LogP contribution in [-0.4, -0.2) is 52.9 Å². The molecule has 130 valence electrons. The molecule has 1 atom stereocenters. The maximum Gasteiger partial charge on any atom is 0.223 e. The second-order valence-corrected chi connectivity index (χ2v) is 7.79. The Morgan fingerprint density at radius 3 is 2.67 bits per heavy atom. The molecule has 0 N–H and O–H groups in total. The summed E-state index contributed by atoms with van der Waals surface area (Å²) >= 11 is 1.61. The Morgan fingerprint density at radius 1 is 1.29 bits per heavy atom. The topological polar surface area (TPSA) is 60.2 Å². The molecule has 0 bridgehead atoms. The van der Waals surface area contributed by atoms with E-state index in [4.69, 9.17) is 0 Å². The summed E-state index contributed by atoms with van der Waals surface area (Å²) in [4.78, 5) is 20.9. The van der Waals surface area contributed by atoms with Crippen molar-refractivity contribution in [1.82, 2.24) is 14.8 Å². The third-order valence-corrected chi connectivity index (χ3v) is 6.16. The average Bonchev–Trinajstić information content (AvgIpc) is 3.15. The van der Waals surface area contributed by atoms with Crippen LogP contribution in [0.4, 0.5) is 0 Å². The molecule has 24 heavy (non-hydrogen) atoms. The Morgan fingerprint density at radius 2 is 2.04 bits per heavy atom. The predicted octanol–water partition coefficient (Wildman–Crippen LogP) is 2.69. The number of carbonyl (C=O) groups is 1. The molecule has 1 unspecified atom stereocenters. The van der Waals surface area contributed by atoms with Crippen LogP contribution in [0.25, 0.3) is 0 Å². The van der Waals surface area contributed by atoms with Gasteiger partial charge in [-0.25, -0.2) is 4.98 Å². The minimum Gasteiger partial charge on any atom is -0.340 e. The zero-order valence-corrected chi connectivity index (χ0v) is 15.0. The van der Waals surface area contributed by atoms with Crippen LogP contribution < -0.4 is 0 Å². The van der Waals surface area contributed by atoms with Crippen molar-refractivity contribution in [2.45, 2.75) is 51.0 Å². The van der Waals surface area contributed by atoms with E-state index < -0.39 is 0 Å². The van der Waals surface area contributed by atoms with Crippen LogP contribution in [0.3, 0.4) is 0 Å². The zero-order chi connectivity index (χ0) is 16.8. The molecule has 2 heterocycles. The molecule has 0 spiro atoms. The lowest BCUT2D eigenvalue weighted by atomic mass is 9.83. The number of hydrogen-bond donors (Lipinski definition) is 0. The fourth-order valence-electron chi connectivity index (χ4n) is 3.93. The first-order valence-electron chi connectivity index (χ1n) is 9.08. The van der Waals surface area contributed by atoms with Crippen molar-refractivity contribution in [2.24, 2.45) is 5.92 Å². The molecule has 1 aromatic heterocycles. The molecule has 1 saturated heterocycles. The van der Waals surface area contributed by atoms with Crippen LogP contribution in [0.2, 0.25) is 0 Å². The van der Waals surface area contributed by atoms with Crippen LogP contribution in [-0.2, 0) is 11.2 Å². The van der Waals surface area contributed by atoms with Gasteiger partial charge in [-0.1, -0.05) is 19.3 Å². The van der Waals surface area contributed by atoms with Gasteiger partial charge in [-0.3, -0.25) is 9.69 Å². The monoisotopic (exact) mass is 346 g/mol. The molecule has 5 nitrogen and oxygen atoms in total. The summed E-state index contributed by atoms with van der Waals surface area (Å²) in [6.45, 7) is 3.17. The number of rotatable bonds is 5. The van der Waals surface area contributed by atoms with Crippen molar-refractivity contribution in [3.8, 4) is 6.07 Å². The van der Waals surface area contributed by atoms with Crippen LogP contribution in [0.1, 0.15) is 43.5 Å². The molecule has 2 fully saturated rings. The van der Waals surface area contributed by atoms with E-state index in [1.807, 2.05) is 10.3 Å². The molecule has 1 aliphatic carbocycles. The molecule has 0 aromatic carbocycles. The second-order valence-electron chi connectivity index (χ2n) is 6.81. The summed E-state index contributed by atoms with van der Waals surface area (Å²) in [5, 5.41) is 12.6. The highest BCUT2D eigenvalue weighted by atomic mass is 32.1. The fourth-order valence-corrected chi connectivity index (χ4v) is 4.55. The van der Waals surface area contributed by atoms with E-state index in [2.05, 4.69) is 16.0 Å². The van der Waals surface area contributed by atoms with Gasteiger partial charge in [0, 0.05) is 50.6 Å². The zero-order valence-electron chi connectivity index (χ0n) is 14.2. The third-order valence-electron chi connectivity index (χ3n) is 5.33. The minimum atomic E-state index is 0.0397. The summed E-state index contributed by atoms with van der Waals surface area (Å²) in [6, 6.07) is 2.58. The Balaban J connectivity index is 1.45. The second kappa shape index (κ2) is 8.59. The number of aromatic nitrogens is 1. The van der Waals surface area contributed by atoms with Crippen molar-refractivity contribution < 1.29 is 4.79 Å². The Hall–Kier alpha value is -1.45. The predicted molar refractivity (Wildman–Crippen MR) is 94.6 cm³/mol. The van der Waals surface area contributed by atoms with Gasteiger partial charge in [-0.05, 0) is 18.8 Å². The first kappa shape index (κ1) is 17.4. The van der Waals surface area contributed by atoms with Gasteiger partial charge in [0.05, 0.1) is 11.1 Å². The maximum absolute atomic E-state index is 12.4. The Kier molecular flexibility index (Phi) is 6.22. The number of amides is 1. The molecule has 1 aliphatic heterocycles. The van der Waals surface area contributed by atoms with Gasteiger partial charge in [0.15, 0.2) is 0 Å². The lowest BCUT2D eigenvalue weighted by Crippen LogP contribution is -2.53. The number of carbonyl (C=O) groups excluding carboxylic acids is 1. The molecule has 6 heteroatoms. The summed E-state index contributed by atoms with van der Waals surface area (Å²) in [5.74, 6) is 0.743. The summed E-state index contributed by atoms with van der Waals surface area (Å²) in [6.07, 6.45) is 9.27. The Bertz CT molecular complexity index is 554. The standard InChI is InChI=1S/C18H26N4OS/c19-14-16(15-4-2-1-3-5-15)21-9-11-22(12-10-21)18(23)7-6-17-20-8-13-24-17/h8,13,15-16H,1-7,9-12H2. The van der Waals surface area contributed by atoms with E-state index in [1.54, 1.807) is 17.5 Å². The highest BCUT2D eigenvalue weighted by Gasteiger charge is 2.31. The molecule has 1 aromatic rings. The van der Waals surface area contributed by atoms with E-state index in [1.165, 1.54) is 32.1 Å². The highest BCUT2D eigenvalue weighted by molar-refractivity contribution is 7.09. The van der Waals surface area contributed by atoms with Crippen LogP contribution >= 0.6 is 11.3 Å². The van der Waals surface area contributed by atoms with Crippen molar-refractivity contribution in [2.75, 3.05) is 26.2 Å². The molecule has 1 amide bonds. The van der Waals surface area contributed by atoms with Gasteiger partial charge in [0.1, 0.15) is 6.04 Å². The number of hydrogen-bond acceptors (Lipinski definition) is 5. The number of nitriles is 1. The summed E-state index contributed by atoms with van der Waals surface area (Å²) < 4.78 is 0. The molecular weight excluding hydrogens is 320 g/mol. The summed E-state index contributed by atoms with van der Waals surface area (Å²) in [5.41, 5.74) is 0. The van der Waals surface area contributed by atoms with Crippen LogP contribution in [0, 0.1) is 17.2 Å². The fraction of sp³-hybridized carbons (Fsp3) is 0.722. The van der Waals surface area contributed by atoms with Gasteiger partial charge in [0.2, 0.25) is 5.91 Å². The Labute approximate surface area is 148 Å². The lowest BCUT2D eigenvalue weighted by molar-refractivity contribution is -0.133. The number of nitrogens with zero attached hydrogens (tertiary/aromatic N) is 4. The molecular formula is C18H26N4OS. The molecule has 3 rings (SSSR count). The SMILES string of the molecule is N#CC(C1CCCCC1)N1CCN(C(=O)CCc2nccs2)CC1. The minimum absolute atomic E-state index is 0.0397. The van der Waals surface area contributed by atoms with Crippen LogP contribution in [0.15, 0.2) is 11.6 Å². The molecule has 1 saturated carbocycles. The van der Waals surface area contributed by atoms with Crippen molar-refractivity contribution in [3.05, 3.63) is 16.6 Å². The first-order chi connectivity index (χ1) is 11.8. The van der Waals surface area contributed by atoms with Crippen molar-refractivity contribution in [3.63, 3.8) is 0 Å². The maximum atomic E-state index is 12.4. The van der Waals surface area contributed by atoms with Crippen LogP contribution in [0.5, 0.6) is 0 Å². The average molecular weight is 347 g/mol.